The summed E-state index contributed by atoms with van der Waals surface area (Å²) < 4.78 is 0. The molecule has 0 aliphatic rings. The van der Waals surface area contributed by atoms with Crippen molar-refractivity contribution in [1.82, 2.24) is 5.32 Å². The topological polar surface area (TPSA) is 29.1 Å². The lowest BCUT2D eigenvalue weighted by Crippen LogP contribution is -2.33. The molecule has 2 rings (SSSR count). The van der Waals surface area contributed by atoms with E-state index >= 15 is 0 Å². The molecule has 1 atom stereocenters. The summed E-state index contributed by atoms with van der Waals surface area (Å²) in [5.41, 5.74) is 0.521. The van der Waals surface area contributed by atoms with Crippen LogP contribution in [0.25, 0.3) is 0 Å². The number of rotatable bonds is 4. The van der Waals surface area contributed by atoms with Gasteiger partial charge < -0.3 is 5.32 Å². The van der Waals surface area contributed by atoms with Gasteiger partial charge in [-0.05, 0) is 36.6 Å². The largest absolute Gasteiger partial charge is 0.349 e. The maximum absolute atomic E-state index is 12.0. The summed E-state index contributed by atoms with van der Waals surface area (Å²) in [5.74, 6) is -0.136. The molecular formula is C14H13Cl2NOS. The Balaban J connectivity index is 1.98. The first-order valence-corrected chi connectivity index (χ1v) is 7.48. The Kier molecular flexibility index (Phi) is 4.86. The van der Waals surface area contributed by atoms with Crippen LogP contribution in [0.4, 0.5) is 0 Å². The van der Waals surface area contributed by atoms with Crippen LogP contribution >= 0.6 is 34.5 Å². The van der Waals surface area contributed by atoms with E-state index in [0.717, 1.165) is 6.42 Å². The molecule has 0 saturated carbocycles. The Hall–Kier alpha value is -1.03. The van der Waals surface area contributed by atoms with Crippen LogP contribution in [0.15, 0.2) is 35.7 Å². The van der Waals surface area contributed by atoms with Crippen LogP contribution in [-0.2, 0) is 6.42 Å². The molecule has 0 spiro atoms. The molecular weight excluding hydrogens is 301 g/mol. The summed E-state index contributed by atoms with van der Waals surface area (Å²) in [6, 6.07) is 9.02. The Bertz CT molecular complexity index is 569. The maximum atomic E-state index is 12.0. The van der Waals surface area contributed by atoms with Crippen LogP contribution in [0.2, 0.25) is 10.0 Å². The van der Waals surface area contributed by atoms with Gasteiger partial charge in [0.05, 0.1) is 10.0 Å². The minimum atomic E-state index is -0.136. The molecule has 1 aromatic heterocycles. The molecule has 0 radical (unpaired) electrons. The minimum absolute atomic E-state index is 0.0700. The average molecular weight is 314 g/mol. The lowest BCUT2D eigenvalue weighted by Gasteiger charge is -2.13. The van der Waals surface area contributed by atoms with E-state index in [0.29, 0.717) is 15.6 Å². The number of amides is 1. The van der Waals surface area contributed by atoms with Crippen LogP contribution in [-0.4, -0.2) is 11.9 Å². The molecule has 0 fully saturated rings. The van der Waals surface area contributed by atoms with E-state index in [4.69, 9.17) is 23.2 Å². The lowest BCUT2D eigenvalue weighted by molar-refractivity contribution is 0.0940. The first-order chi connectivity index (χ1) is 9.06. The molecule has 1 aromatic carbocycles. The van der Waals surface area contributed by atoms with Crippen LogP contribution in [0.3, 0.4) is 0 Å². The number of thiophene rings is 1. The van der Waals surface area contributed by atoms with Gasteiger partial charge in [0.25, 0.3) is 5.91 Å². The van der Waals surface area contributed by atoms with E-state index in [2.05, 4.69) is 11.4 Å². The van der Waals surface area contributed by atoms with Crippen molar-refractivity contribution in [2.24, 2.45) is 0 Å². The van der Waals surface area contributed by atoms with E-state index in [1.54, 1.807) is 29.5 Å². The molecule has 1 heterocycles. The summed E-state index contributed by atoms with van der Waals surface area (Å²) in [7, 11) is 0. The second-order valence-electron chi connectivity index (χ2n) is 4.29. The smallest absolute Gasteiger partial charge is 0.251 e. The third-order valence-corrected chi connectivity index (χ3v) is 4.28. The number of carbonyl (C=O) groups is 1. The SMILES string of the molecule is C[C@@H](Cc1cccs1)NC(=O)c1ccc(Cl)c(Cl)c1. The molecule has 2 aromatic rings. The predicted molar refractivity (Wildman–Crippen MR) is 81.4 cm³/mol. The number of hydrogen-bond acceptors (Lipinski definition) is 2. The standard InChI is InChI=1S/C14H13Cl2NOS/c1-9(7-11-3-2-6-19-11)17-14(18)10-4-5-12(15)13(16)8-10/h2-6,8-9H,7H2,1H3,(H,17,18)/t9-/m0/s1. The number of hydrogen-bond donors (Lipinski definition) is 1. The quantitative estimate of drug-likeness (QED) is 0.889. The molecule has 1 amide bonds. The first kappa shape index (κ1) is 14.4. The summed E-state index contributed by atoms with van der Waals surface area (Å²) in [5, 5.41) is 5.82. The van der Waals surface area contributed by atoms with Gasteiger partial charge in [0, 0.05) is 22.9 Å². The number of benzene rings is 1. The zero-order chi connectivity index (χ0) is 13.8. The fourth-order valence-corrected chi connectivity index (χ4v) is 2.86. The van der Waals surface area contributed by atoms with Crippen molar-refractivity contribution in [2.45, 2.75) is 19.4 Å². The molecule has 19 heavy (non-hydrogen) atoms. The fourth-order valence-electron chi connectivity index (χ4n) is 1.73. The predicted octanol–water partition coefficient (Wildman–Crippen LogP) is 4.42. The number of carbonyl (C=O) groups excluding carboxylic acids is 1. The zero-order valence-electron chi connectivity index (χ0n) is 10.3. The highest BCUT2D eigenvalue weighted by Gasteiger charge is 2.12. The maximum Gasteiger partial charge on any atom is 0.251 e. The number of nitrogens with one attached hydrogen (secondary N) is 1. The van der Waals surface area contributed by atoms with Gasteiger partial charge in [0.1, 0.15) is 0 Å². The van der Waals surface area contributed by atoms with Crippen molar-refractivity contribution in [1.29, 1.82) is 0 Å². The van der Waals surface area contributed by atoms with Gasteiger partial charge in [-0.15, -0.1) is 11.3 Å². The molecule has 0 aliphatic heterocycles. The Morgan fingerprint density at radius 3 is 2.74 bits per heavy atom. The molecule has 2 nitrogen and oxygen atoms in total. The normalized spacial score (nSPS) is 12.2. The van der Waals surface area contributed by atoms with Crippen molar-refractivity contribution < 1.29 is 4.79 Å². The number of halogens is 2. The third kappa shape index (κ3) is 3.96. The summed E-state index contributed by atoms with van der Waals surface area (Å²) in [6.07, 6.45) is 0.824. The van der Waals surface area contributed by atoms with Gasteiger partial charge in [-0.25, -0.2) is 0 Å². The van der Waals surface area contributed by atoms with Gasteiger partial charge >= 0.3 is 0 Å². The van der Waals surface area contributed by atoms with E-state index < -0.39 is 0 Å². The molecule has 0 saturated heterocycles. The van der Waals surface area contributed by atoms with Crippen molar-refractivity contribution in [3.63, 3.8) is 0 Å². The van der Waals surface area contributed by atoms with E-state index in [9.17, 15) is 4.79 Å². The van der Waals surface area contributed by atoms with E-state index in [1.807, 2.05) is 18.4 Å². The molecule has 0 unspecified atom stereocenters. The summed E-state index contributed by atoms with van der Waals surface area (Å²) >= 11 is 13.4. The van der Waals surface area contributed by atoms with Crippen LogP contribution in [0.1, 0.15) is 22.2 Å². The summed E-state index contributed by atoms with van der Waals surface area (Å²) in [4.78, 5) is 13.3. The average Bonchev–Trinajstić information content (AvgIpc) is 2.85. The van der Waals surface area contributed by atoms with Crippen molar-refractivity contribution in [3.05, 3.63) is 56.2 Å². The van der Waals surface area contributed by atoms with E-state index in [1.165, 1.54) is 4.88 Å². The third-order valence-electron chi connectivity index (χ3n) is 2.65. The lowest BCUT2D eigenvalue weighted by atomic mass is 10.1. The van der Waals surface area contributed by atoms with Gasteiger partial charge in [-0.2, -0.15) is 0 Å². The molecule has 5 heteroatoms. The van der Waals surface area contributed by atoms with E-state index in [-0.39, 0.29) is 11.9 Å². The zero-order valence-corrected chi connectivity index (χ0v) is 12.6. The van der Waals surface area contributed by atoms with Gasteiger partial charge in [-0.3, -0.25) is 4.79 Å². The highest BCUT2D eigenvalue weighted by Crippen LogP contribution is 2.22. The fraction of sp³-hybridized carbons (Fsp3) is 0.214. The highest BCUT2D eigenvalue weighted by molar-refractivity contribution is 7.09. The second-order valence-corrected chi connectivity index (χ2v) is 6.13. The Morgan fingerprint density at radius 1 is 1.32 bits per heavy atom. The first-order valence-electron chi connectivity index (χ1n) is 5.84. The minimum Gasteiger partial charge on any atom is -0.349 e. The van der Waals surface area contributed by atoms with Crippen molar-refractivity contribution in [3.8, 4) is 0 Å². The van der Waals surface area contributed by atoms with Crippen LogP contribution < -0.4 is 5.32 Å². The molecule has 100 valence electrons. The monoisotopic (exact) mass is 313 g/mol. The summed E-state index contributed by atoms with van der Waals surface area (Å²) in [6.45, 7) is 1.98. The van der Waals surface area contributed by atoms with Crippen LogP contribution in [0, 0.1) is 0 Å². The highest BCUT2D eigenvalue weighted by atomic mass is 35.5. The molecule has 0 bridgehead atoms. The molecule has 1 N–H and O–H groups in total. The Labute approximate surface area is 126 Å². The molecule has 0 aliphatic carbocycles. The van der Waals surface area contributed by atoms with Gasteiger partial charge in [-0.1, -0.05) is 29.3 Å². The van der Waals surface area contributed by atoms with Gasteiger partial charge in [0.2, 0.25) is 0 Å². The van der Waals surface area contributed by atoms with Gasteiger partial charge in [0.15, 0.2) is 0 Å². The Morgan fingerprint density at radius 2 is 2.11 bits per heavy atom. The van der Waals surface area contributed by atoms with Crippen molar-refractivity contribution >= 4 is 40.4 Å². The second kappa shape index (κ2) is 6.42. The van der Waals surface area contributed by atoms with Crippen molar-refractivity contribution in [2.75, 3.05) is 0 Å². The van der Waals surface area contributed by atoms with Crippen LogP contribution in [0.5, 0.6) is 0 Å².